The van der Waals surface area contributed by atoms with Crippen molar-refractivity contribution in [2.45, 2.75) is 59.0 Å². The van der Waals surface area contributed by atoms with Crippen LogP contribution in [0.4, 0.5) is 0 Å². The molecule has 18 heavy (non-hydrogen) atoms. The largest absolute Gasteiger partial charge is 0.443 e. The number of hydrogen-bond donors (Lipinski definition) is 2. The number of oxazole rings is 1. The van der Waals surface area contributed by atoms with E-state index in [1.54, 1.807) is 6.20 Å². The SMILES string of the molecule is CCC(C)NC(N)=NCc1ncc(C(C)(C)C)o1. The molecule has 102 valence electrons. The van der Waals surface area contributed by atoms with Gasteiger partial charge in [0.05, 0.1) is 6.20 Å². The van der Waals surface area contributed by atoms with E-state index in [4.69, 9.17) is 10.2 Å². The summed E-state index contributed by atoms with van der Waals surface area (Å²) in [6.45, 7) is 10.8. The van der Waals surface area contributed by atoms with Crippen LogP contribution in [0.5, 0.6) is 0 Å². The van der Waals surface area contributed by atoms with Crippen molar-refractivity contribution in [3.8, 4) is 0 Å². The fraction of sp³-hybridized carbons (Fsp3) is 0.692. The van der Waals surface area contributed by atoms with Gasteiger partial charge >= 0.3 is 0 Å². The third-order valence-corrected chi connectivity index (χ3v) is 2.68. The Bertz CT molecular complexity index is 403. The minimum atomic E-state index is -0.0323. The quantitative estimate of drug-likeness (QED) is 0.636. The molecule has 1 rings (SSSR count). The zero-order valence-electron chi connectivity index (χ0n) is 11.9. The minimum absolute atomic E-state index is 0.0323. The molecule has 0 aliphatic carbocycles. The van der Waals surface area contributed by atoms with E-state index in [1.807, 2.05) is 0 Å². The second kappa shape index (κ2) is 5.89. The average Bonchev–Trinajstić information content (AvgIpc) is 2.74. The molecule has 0 saturated heterocycles. The van der Waals surface area contributed by atoms with E-state index in [0.29, 0.717) is 24.4 Å². The van der Waals surface area contributed by atoms with Crippen LogP contribution in [-0.2, 0) is 12.0 Å². The highest BCUT2D eigenvalue weighted by molar-refractivity contribution is 5.78. The van der Waals surface area contributed by atoms with Crippen LogP contribution in [0.1, 0.15) is 52.7 Å². The second-order valence-electron chi connectivity index (χ2n) is 5.52. The highest BCUT2D eigenvalue weighted by Crippen LogP contribution is 2.22. The van der Waals surface area contributed by atoms with Crippen LogP contribution in [0, 0.1) is 0 Å². The molecule has 0 aliphatic rings. The predicted molar refractivity (Wildman–Crippen MR) is 73.4 cm³/mol. The van der Waals surface area contributed by atoms with Gasteiger partial charge in [-0.1, -0.05) is 27.7 Å². The predicted octanol–water partition coefficient (Wildman–Crippen LogP) is 2.17. The Kier molecular flexibility index (Phi) is 4.76. The van der Waals surface area contributed by atoms with Gasteiger partial charge in [-0.15, -0.1) is 0 Å². The molecule has 1 aromatic rings. The molecule has 5 nitrogen and oxygen atoms in total. The first-order valence-electron chi connectivity index (χ1n) is 6.34. The summed E-state index contributed by atoms with van der Waals surface area (Å²) in [5.41, 5.74) is 5.73. The van der Waals surface area contributed by atoms with Crippen molar-refractivity contribution in [2.24, 2.45) is 10.7 Å². The molecule has 0 radical (unpaired) electrons. The molecule has 1 unspecified atom stereocenters. The van der Waals surface area contributed by atoms with Crippen molar-refractivity contribution in [1.82, 2.24) is 10.3 Å². The van der Waals surface area contributed by atoms with E-state index >= 15 is 0 Å². The first kappa shape index (κ1) is 14.5. The fourth-order valence-electron chi connectivity index (χ4n) is 1.28. The lowest BCUT2D eigenvalue weighted by atomic mass is 9.94. The van der Waals surface area contributed by atoms with Crippen molar-refractivity contribution in [2.75, 3.05) is 0 Å². The molecule has 1 aromatic heterocycles. The van der Waals surface area contributed by atoms with Crippen LogP contribution in [0.3, 0.4) is 0 Å². The Morgan fingerprint density at radius 1 is 1.56 bits per heavy atom. The Balaban J connectivity index is 2.58. The summed E-state index contributed by atoms with van der Waals surface area (Å²) in [6.07, 6.45) is 2.76. The smallest absolute Gasteiger partial charge is 0.216 e. The zero-order chi connectivity index (χ0) is 13.8. The summed E-state index contributed by atoms with van der Waals surface area (Å²) in [7, 11) is 0. The van der Waals surface area contributed by atoms with Crippen LogP contribution in [0.15, 0.2) is 15.6 Å². The molecule has 1 atom stereocenters. The van der Waals surface area contributed by atoms with Crippen LogP contribution < -0.4 is 11.1 Å². The van der Waals surface area contributed by atoms with Crippen molar-refractivity contribution in [1.29, 1.82) is 0 Å². The Morgan fingerprint density at radius 3 is 2.72 bits per heavy atom. The summed E-state index contributed by atoms with van der Waals surface area (Å²) < 4.78 is 5.63. The lowest BCUT2D eigenvalue weighted by Crippen LogP contribution is -2.38. The first-order valence-corrected chi connectivity index (χ1v) is 6.34. The molecular weight excluding hydrogens is 228 g/mol. The first-order chi connectivity index (χ1) is 8.32. The van der Waals surface area contributed by atoms with E-state index in [0.717, 1.165) is 12.2 Å². The van der Waals surface area contributed by atoms with E-state index < -0.39 is 0 Å². The average molecular weight is 252 g/mol. The minimum Gasteiger partial charge on any atom is -0.443 e. The van der Waals surface area contributed by atoms with E-state index in [9.17, 15) is 0 Å². The molecule has 0 bridgehead atoms. The summed E-state index contributed by atoms with van der Waals surface area (Å²) in [6, 6.07) is 0.323. The lowest BCUT2D eigenvalue weighted by molar-refractivity contribution is 0.383. The molecule has 3 N–H and O–H groups in total. The molecule has 0 aliphatic heterocycles. The maximum atomic E-state index is 5.76. The number of guanidine groups is 1. The number of aliphatic imine (C=N–C) groups is 1. The van der Waals surface area contributed by atoms with Gasteiger partial charge in [-0.3, -0.25) is 0 Å². The van der Waals surface area contributed by atoms with Gasteiger partial charge in [0.15, 0.2) is 5.96 Å². The third-order valence-electron chi connectivity index (χ3n) is 2.68. The highest BCUT2D eigenvalue weighted by atomic mass is 16.4. The Morgan fingerprint density at radius 2 is 2.22 bits per heavy atom. The maximum absolute atomic E-state index is 5.76. The van der Waals surface area contributed by atoms with Crippen molar-refractivity contribution in [3.63, 3.8) is 0 Å². The summed E-state index contributed by atoms with van der Waals surface area (Å²) in [5.74, 6) is 1.88. The van der Waals surface area contributed by atoms with E-state index in [2.05, 4.69) is 49.9 Å². The number of aromatic nitrogens is 1. The summed E-state index contributed by atoms with van der Waals surface area (Å²) in [5, 5.41) is 3.10. The monoisotopic (exact) mass is 252 g/mol. The van der Waals surface area contributed by atoms with Gasteiger partial charge in [0.2, 0.25) is 5.89 Å². The number of nitrogens with one attached hydrogen (secondary N) is 1. The van der Waals surface area contributed by atoms with Crippen molar-refractivity contribution in [3.05, 3.63) is 17.8 Å². The normalized spacial score (nSPS) is 14.6. The molecule has 0 amide bonds. The highest BCUT2D eigenvalue weighted by Gasteiger charge is 2.18. The molecule has 1 heterocycles. The van der Waals surface area contributed by atoms with E-state index in [-0.39, 0.29) is 5.41 Å². The molecule has 0 aromatic carbocycles. The number of hydrogen-bond acceptors (Lipinski definition) is 3. The van der Waals surface area contributed by atoms with Crippen LogP contribution in [0.25, 0.3) is 0 Å². The van der Waals surface area contributed by atoms with E-state index in [1.165, 1.54) is 0 Å². The number of nitrogens with zero attached hydrogens (tertiary/aromatic N) is 2. The maximum Gasteiger partial charge on any atom is 0.216 e. The van der Waals surface area contributed by atoms with Gasteiger partial charge < -0.3 is 15.5 Å². The van der Waals surface area contributed by atoms with Crippen molar-refractivity contribution < 1.29 is 4.42 Å². The number of nitrogens with two attached hydrogens (primary N) is 1. The van der Waals surface area contributed by atoms with Crippen LogP contribution in [-0.4, -0.2) is 17.0 Å². The Hall–Kier alpha value is -1.52. The van der Waals surface area contributed by atoms with Gasteiger partial charge in [0.25, 0.3) is 0 Å². The van der Waals surface area contributed by atoms with Crippen LogP contribution in [0.2, 0.25) is 0 Å². The third kappa shape index (κ3) is 4.39. The van der Waals surface area contributed by atoms with Gasteiger partial charge in [-0.2, -0.15) is 0 Å². The lowest BCUT2D eigenvalue weighted by Gasteiger charge is -2.13. The van der Waals surface area contributed by atoms with Gasteiger partial charge in [-0.25, -0.2) is 9.98 Å². The van der Waals surface area contributed by atoms with Gasteiger partial charge in [-0.05, 0) is 13.3 Å². The zero-order valence-corrected chi connectivity index (χ0v) is 11.9. The Labute approximate surface area is 109 Å². The molecule has 5 heteroatoms. The van der Waals surface area contributed by atoms with Gasteiger partial charge in [0.1, 0.15) is 12.3 Å². The standard InChI is InChI=1S/C13H24N4O/c1-6-9(2)17-12(14)16-8-11-15-7-10(18-11)13(3,4)5/h7,9H,6,8H2,1-5H3,(H3,14,16,17). The number of rotatable bonds is 4. The molecule has 0 saturated carbocycles. The molecule has 0 fully saturated rings. The van der Waals surface area contributed by atoms with Gasteiger partial charge in [0, 0.05) is 11.5 Å². The second-order valence-corrected chi connectivity index (χ2v) is 5.52. The van der Waals surface area contributed by atoms with Crippen LogP contribution >= 0.6 is 0 Å². The summed E-state index contributed by atoms with van der Waals surface area (Å²) >= 11 is 0. The summed E-state index contributed by atoms with van der Waals surface area (Å²) in [4.78, 5) is 8.40. The molecular formula is C13H24N4O. The molecule has 0 spiro atoms. The van der Waals surface area contributed by atoms with Crippen molar-refractivity contribution >= 4 is 5.96 Å². The fourth-order valence-corrected chi connectivity index (χ4v) is 1.28. The topological polar surface area (TPSA) is 76.4 Å².